The average Bonchev–Trinajstić information content (AvgIpc) is 3.40. The molecule has 1 saturated carbocycles. The van der Waals surface area contributed by atoms with Crippen LogP contribution >= 0.6 is 11.3 Å². The number of nitrogens with one attached hydrogen (secondary N) is 1. The van der Waals surface area contributed by atoms with Crippen LogP contribution in [-0.4, -0.2) is 48.7 Å². The number of rotatable bonds is 6. The first-order valence-corrected chi connectivity index (χ1v) is 10.6. The minimum absolute atomic E-state index is 0.0276. The van der Waals surface area contributed by atoms with Gasteiger partial charge in [-0.25, -0.2) is 9.78 Å². The van der Waals surface area contributed by atoms with Gasteiger partial charge in [-0.1, -0.05) is 12.1 Å². The van der Waals surface area contributed by atoms with Gasteiger partial charge in [0.15, 0.2) is 0 Å². The molecule has 4 rings (SSSR count). The first-order chi connectivity index (χ1) is 13.3. The first-order valence-electron chi connectivity index (χ1n) is 9.68. The van der Waals surface area contributed by atoms with E-state index in [-0.39, 0.29) is 12.1 Å². The summed E-state index contributed by atoms with van der Waals surface area (Å²) in [5.74, 6) is 1.45. The largest absolute Gasteiger partial charge is 0.492 e. The molecule has 2 amide bonds. The lowest BCUT2D eigenvalue weighted by molar-refractivity contribution is 0.188. The fourth-order valence-corrected chi connectivity index (χ4v) is 4.35. The standard InChI is InChI=1S/C20H26N4O2S/c1-2-26-17-6-4-3-5-16(17)23-10-12-24(13-11-23)20(25)22-18(15-7-8-15)19-21-9-14-27-19/h3-6,9,14-15,18H,2,7-8,10-13H2,1H3,(H,22,25). The summed E-state index contributed by atoms with van der Waals surface area (Å²) in [6.45, 7) is 5.69. The molecule has 2 fully saturated rings. The van der Waals surface area contributed by atoms with Gasteiger partial charge in [-0.3, -0.25) is 0 Å². The summed E-state index contributed by atoms with van der Waals surface area (Å²) in [6.07, 6.45) is 4.16. The van der Waals surface area contributed by atoms with Crippen LogP contribution in [0.4, 0.5) is 10.5 Å². The summed E-state index contributed by atoms with van der Waals surface area (Å²) >= 11 is 1.63. The first kappa shape index (κ1) is 18.1. The van der Waals surface area contributed by atoms with E-state index >= 15 is 0 Å². The topological polar surface area (TPSA) is 57.7 Å². The van der Waals surface area contributed by atoms with Crippen LogP contribution in [0.1, 0.15) is 30.8 Å². The van der Waals surface area contributed by atoms with Crippen LogP contribution in [-0.2, 0) is 0 Å². The zero-order valence-electron chi connectivity index (χ0n) is 15.6. The predicted molar refractivity (Wildman–Crippen MR) is 108 cm³/mol. The Balaban J connectivity index is 1.36. The average molecular weight is 387 g/mol. The monoisotopic (exact) mass is 386 g/mol. The quantitative estimate of drug-likeness (QED) is 0.825. The van der Waals surface area contributed by atoms with Crippen molar-refractivity contribution in [1.29, 1.82) is 0 Å². The molecule has 1 aliphatic carbocycles. The van der Waals surface area contributed by atoms with Crippen LogP contribution < -0.4 is 15.0 Å². The van der Waals surface area contributed by atoms with Gasteiger partial charge in [-0.05, 0) is 37.8 Å². The van der Waals surface area contributed by atoms with E-state index in [1.165, 1.54) is 12.8 Å². The van der Waals surface area contributed by atoms with E-state index < -0.39 is 0 Å². The molecule has 1 aromatic heterocycles. The van der Waals surface area contributed by atoms with Gasteiger partial charge in [0.1, 0.15) is 10.8 Å². The van der Waals surface area contributed by atoms with Crippen molar-refractivity contribution in [3.8, 4) is 5.75 Å². The maximum Gasteiger partial charge on any atom is 0.318 e. The maximum atomic E-state index is 12.8. The number of piperazine rings is 1. The Kier molecular flexibility index (Phi) is 5.48. The van der Waals surface area contributed by atoms with Crippen molar-refractivity contribution in [2.24, 2.45) is 5.92 Å². The fraction of sp³-hybridized carbons (Fsp3) is 0.500. The molecule has 1 saturated heterocycles. The highest BCUT2D eigenvalue weighted by Gasteiger charge is 2.36. The molecular weight excluding hydrogens is 360 g/mol. The third-order valence-corrected chi connectivity index (χ3v) is 6.02. The molecule has 7 heteroatoms. The second kappa shape index (κ2) is 8.17. The molecule has 6 nitrogen and oxygen atoms in total. The minimum atomic E-state index is 0.0276. The Bertz CT molecular complexity index is 755. The number of ether oxygens (including phenoxy) is 1. The van der Waals surface area contributed by atoms with E-state index in [9.17, 15) is 4.79 Å². The molecular formula is C20H26N4O2S. The van der Waals surface area contributed by atoms with Gasteiger partial charge in [0.2, 0.25) is 0 Å². The Morgan fingerprint density at radius 2 is 2.07 bits per heavy atom. The van der Waals surface area contributed by atoms with Crippen molar-refractivity contribution in [2.45, 2.75) is 25.8 Å². The third-order valence-electron chi connectivity index (χ3n) is 5.16. The lowest BCUT2D eigenvalue weighted by Crippen LogP contribution is -2.52. The van der Waals surface area contributed by atoms with Crippen LogP contribution in [0.15, 0.2) is 35.8 Å². The van der Waals surface area contributed by atoms with Crippen LogP contribution in [0, 0.1) is 5.92 Å². The molecule has 144 valence electrons. The van der Waals surface area contributed by atoms with Crippen molar-refractivity contribution in [1.82, 2.24) is 15.2 Å². The molecule has 2 aliphatic rings. The SMILES string of the molecule is CCOc1ccccc1N1CCN(C(=O)NC(c2nccs2)C2CC2)CC1. The minimum Gasteiger partial charge on any atom is -0.492 e. The fourth-order valence-electron chi connectivity index (χ4n) is 3.57. The highest BCUT2D eigenvalue weighted by Crippen LogP contribution is 2.41. The zero-order chi connectivity index (χ0) is 18.6. The van der Waals surface area contributed by atoms with E-state index in [1.807, 2.05) is 41.6 Å². The predicted octanol–water partition coefficient (Wildman–Crippen LogP) is 3.52. The lowest BCUT2D eigenvalue weighted by Gasteiger charge is -2.37. The molecule has 2 heterocycles. The molecule has 27 heavy (non-hydrogen) atoms. The molecule has 0 bridgehead atoms. The molecule has 1 atom stereocenters. The van der Waals surface area contributed by atoms with Crippen molar-refractivity contribution in [3.05, 3.63) is 40.8 Å². The van der Waals surface area contributed by atoms with E-state index in [4.69, 9.17) is 4.74 Å². The van der Waals surface area contributed by atoms with Gasteiger partial charge < -0.3 is 19.9 Å². The van der Waals surface area contributed by atoms with Crippen molar-refractivity contribution in [2.75, 3.05) is 37.7 Å². The number of nitrogens with zero attached hydrogens (tertiary/aromatic N) is 3. The molecule has 1 unspecified atom stereocenters. The Morgan fingerprint density at radius 3 is 2.74 bits per heavy atom. The van der Waals surface area contributed by atoms with Gasteiger partial charge in [-0.15, -0.1) is 11.3 Å². The summed E-state index contributed by atoms with van der Waals surface area (Å²) in [5.41, 5.74) is 1.11. The molecule has 0 spiro atoms. The van der Waals surface area contributed by atoms with Crippen molar-refractivity contribution in [3.63, 3.8) is 0 Å². The van der Waals surface area contributed by atoms with Crippen molar-refractivity contribution >= 4 is 23.1 Å². The maximum absolute atomic E-state index is 12.8. The zero-order valence-corrected chi connectivity index (χ0v) is 16.5. The number of hydrogen-bond donors (Lipinski definition) is 1. The number of thiazole rings is 1. The van der Waals surface area contributed by atoms with E-state index in [0.29, 0.717) is 25.6 Å². The number of para-hydroxylation sites is 2. The number of anilines is 1. The summed E-state index contributed by atoms with van der Waals surface area (Å²) in [4.78, 5) is 21.4. The molecule has 1 aliphatic heterocycles. The molecule has 1 N–H and O–H groups in total. The number of carbonyl (C=O) groups is 1. The van der Waals surface area contributed by atoms with Crippen LogP contribution in [0.5, 0.6) is 5.75 Å². The highest BCUT2D eigenvalue weighted by molar-refractivity contribution is 7.09. The smallest absolute Gasteiger partial charge is 0.318 e. The summed E-state index contributed by atoms with van der Waals surface area (Å²) < 4.78 is 5.75. The van der Waals surface area contributed by atoms with Gasteiger partial charge in [0.25, 0.3) is 0 Å². The van der Waals surface area contributed by atoms with E-state index in [0.717, 1.165) is 29.5 Å². The summed E-state index contributed by atoms with van der Waals surface area (Å²) in [6, 6.07) is 8.22. The Hall–Kier alpha value is -2.28. The van der Waals surface area contributed by atoms with Crippen LogP contribution in [0.2, 0.25) is 0 Å². The van der Waals surface area contributed by atoms with Gasteiger partial charge in [-0.2, -0.15) is 0 Å². The number of urea groups is 1. The third kappa shape index (κ3) is 4.18. The van der Waals surface area contributed by atoms with E-state index in [1.54, 1.807) is 11.3 Å². The molecule has 0 radical (unpaired) electrons. The Labute approximate surface area is 164 Å². The highest BCUT2D eigenvalue weighted by atomic mass is 32.1. The summed E-state index contributed by atoms with van der Waals surface area (Å²) in [5, 5.41) is 6.23. The summed E-state index contributed by atoms with van der Waals surface area (Å²) in [7, 11) is 0. The van der Waals surface area contributed by atoms with Gasteiger partial charge >= 0.3 is 6.03 Å². The number of amides is 2. The van der Waals surface area contributed by atoms with Crippen LogP contribution in [0.25, 0.3) is 0 Å². The lowest BCUT2D eigenvalue weighted by atomic mass is 10.2. The second-order valence-corrected chi connectivity index (χ2v) is 7.94. The van der Waals surface area contributed by atoms with Crippen LogP contribution in [0.3, 0.4) is 0 Å². The molecule has 2 aromatic rings. The van der Waals surface area contributed by atoms with Gasteiger partial charge in [0, 0.05) is 37.8 Å². The molecule has 1 aromatic carbocycles. The second-order valence-electron chi connectivity index (χ2n) is 7.01. The van der Waals surface area contributed by atoms with Crippen molar-refractivity contribution < 1.29 is 9.53 Å². The number of hydrogen-bond acceptors (Lipinski definition) is 5. The normalized spacial score (nSPS) is 18.3. The number of benzene rings is 1. The number of carbonyl (C=O) groups excluding carboxylic acids is 1. The van der Waals surface area contributed by atoms with Gasteiger partial charge in [0.05, 0.1) is 18.3 Å². The number of aromatic nitrogens is 1. The van der Waals surface area contributed by atoms with E-state index in [2.05, 4.69) is 21.3 Å². The Morgan fingerprint density at radius 1 is 1.30 bits per heavy atom.